The first-order chi connectivity index (χ1) is 12.1. The summed E-state index contributed by atoms with van der Waals surface area (Å²) in [5, 5.41) is 4.10. The molecule has 0 spiro atoms. The standard InChI is InChI=1S/C19H20N2O4/c1-21(13-7-5-4-6-8-13)19(22)18-12-16(20-25-18)15-11-14(23-2)9-10-17(15)24-3/h4-11,18H,12H2,1-3H3. The van der Waals surface area contributed by atoms with E-state index in [0.29, 0.717) is 23.6 Å². The smallest absolute Gasteiger partial charge is 0.271 e. The molecule has 25 heavy (non-hydrogen) atoms. The van der Waals surface area contributed by atoms with Gasteiger partial charge >= 0.3 is 0 Å². The third kappa shape index (κ3) is 3.42. The van der Waals surface area contributed by atoms with Crippen LogP contribution in [0.4, 0.5) is 5.69 Å². The first-order valence-corrected chi connectivity index (χ1v) is 7.91. The maximum atomic E-state index is 12.7. The summed E-state index contributed by atoms with van der Waals surface area (Å²) in [6, 6.07) is 14.9. The van der Waals surface area contributed by atoms with Crippen LogP contribution in [-0.4, -0.2) is 39.0 Å². The quantitative estimate of drug-likeness (QED) is 0.840. The average molecular weight is 340 g/mol. The van der Waals surface area contributed by atoms with Crippen molar-refractivity contribution in [2.45, 2.75) is 12.5 Å². The number of oxime groups is 1. The van der Waals surface area contributed by atoms with Gasteiger partial charge in [-0.25, -0.2) is 0 Å². The fourth-order valence-corrected chi connectivity index (χ4v) is 2.70. The number of amides is 1. The summed E-state index contributed by atoms with van der Waals surface area (Å²) >= 11 is 0. The highest BCUT2D eigenvalue weighted by molar-refractivity contribution is 6.08. The summed E-state index contributed by atoms with van der Waals surface area (Å²) in [7, 11) is 4.92. The molecule has 6 nitrogen and oxygen atoms in total. The van der Waals surface area contributed by atoms with Crippen LogP contribution in [0.3, 0.4) is 0 Å². The molecule has 0 fully saturated rings. The van der Waals surface area contributed by atoms with Gasteiger partial charge in [-0.1, -0.05) is 23.4 Å². The molecular formula is C19H20N2O4. The number of hydrogen-bond donors (Lipinski definition) is 0. The molecule has 1 amide bonds. The Morgan fingerprint density at radius 2 is 1.92 bits per heavy atom. The number of methoxy groups -OCH3 is 2. The van der Waals surface area contributed by atoms with Crippen molar-refractivity contribution in [1.29, 1.82) is 0 Å². The number of rotatable bonds is 5. The molecule has 1 aliphatic heterocycles. The topological polar surface area (TPSA) is 60.4 Å². The Balaban J connectivity index is 1.76. The fraction of sp³-hybridized carbons (Fsp3) is 0.263. The number of nitrogens with zero attached hydrogens (tertiary/aromatic N) is 2. The molecule has 1 aliphatic rings. The van der Waals surface area contributed by atoms with Crippen molar-refractivity contribution in [1.82, 2.24) is 0 Å². The molecule has 0 bridgehead atoms. The van der Waals surface area contributed by atoms with Crippen molar-refractivity contribution in [2.75, 3.05) is 26.2 Å². The largest absolute Gasteiger partial charge is 0.497 e. The van der Waals surface area contributed by atoms with Gasteiger partial charge in [-0.05, 0) is 30.3 Å². The van der Waals surface area contributed by atoms with Crippen LogP contribution in [0.15, 0.2) is 53.7 Å². The summed E-state index contributed by atoms with van der Waals surface area (Å²) < 4.78 is 10.6. The summed E-state index contributed by atoms with van der Waals surface area (Å²) in [6.45, 7) is 0. The molecule has 2 aromatic carbocycles. The predicted octanol–water partition coefficient (Wildman–Crippen LogP) is 2.86. The van der Waals surface area contributed by atoms with E-state index in [2.05, 4.69) is 5.16 Å². The molecule has 0 radical (unpaired) electrons. The van der Waals surface area contributed by atoms with Crippen molar-refractivity contribution >= 4 is 17.3 Å². The van der Waals surface area contributed by atoms with Gasteiger partial charge in [-0.2, -0.15) is 0 Å². The lowest BCUT2D eigenvalue weighted by Crippen LogP contribution is -2.36. The number of ether oxygens (including phenoxy) is 2. The lowest BCUT2D eigenvalue weighted by Gasteiger charge is -2.19. The molecule has 1 unspecified atom stereocenters. The Hall–Kier alpha value is -3.02. The van der Waals surface area contributed by atoms with E-state index in [1.165, 1.54) is 0 Å². The van der Waals surface area contributed by atoms with Gasteiger partial charge in [-0.3, -0.25) is 4.79 Å². The Bertz CT molecular complexity index is 789. The number of hydrogen-bond acceptors (Lipinski definition) is 5. The van der Waals surface area contributed by atoms with Crippen molar-refractivity contribution < 1.29 is 19.1 Å². The van der Waals surface area contributed by atoms with Crippen LogP contribution >= 0.6 is 0 Å². The van der Waals surface area contributed by atoms with Crippen molar-refractivity contribution in [3.05, 3.63) is 54.1 Å². The maximum absolute atomic E-state index is 12.7. The summed E-state index contributed by atoms with van der Waals surface area (Å²) in [5.74, 6) is 1.20. The van der Waals surface area contributed by atoms with Gasteiger partial charge in [0, 0.05) is 24.7 Å². The third-order valence-electron chi connectivity index (χ3n) is 4.14. The second-order valence-electron chi connectivity index (χ2n) is 5.64. The molecule has 1 heterocycles. The van der Waals surface area contributed by atoms with E-state index < -0.39 is 6.10 Å². The average Bonchev–Trinajstić information content (AvgIpc) is 3.17. The minimum Gasteiger partial charge on any atom is -0.497 e. The molecule has 0 aromatic heterocycles. The molecule has 3 rings (SSSR count). The van der Waals surface area contributed by atoms with E-state index in [4.69, 9.17) is 14.3 Å². The van der Waals surface area contributed by atoms with Gasteiger partial charge in [0.05, 0.1) is 19.9 Å². The van der Waals surface area contributed by atoms with E-state index in [1.54, 1.807) is 26.2 Å². The molecule has 130 valence electrons. The molecule has 1 atom stereocenters. The summed E-state index contributed by atoms with van der Waals surface area (Å²) in [4.78, 5) is 19.6. The zero-order valence-corrected chi connectivity index (χ0v) is 14.4. The van der Waals surface area contributed by atoms with E-state index in [1.807, 2.05) is 48.5 Å². The molecule has 0 aliphatic carbocycles. The number of carbonyl (C=O) groups is 1. The second-order valence-corrected chi connectivity index (χ2v) is 5.64. The van der Waals surface area contributed by atoms with Gasteiger partial charge in [0.2, 0.25) is 6.10 Å². The molecule has 0 saturated heterocycles. The third-order valence-corrected chi connectivity index (χ3v) is 4.14. The van der Waals surface area contributed by atoms with Crippen LogP contribution in [0.5, 0.6) is 11.5 Å². The maximum Gasteiger partial charge on any atom is 0.271 e. The van der Waals surface area contributed by atoms with Gasteiger partial charge < -0.3 is 19.2 Å². The van der Waals surface area contributed by atoms with Crippen LogP contribution in [0, 0.1) is 0 Å². The van der Waals surface area contributed by atoms with Crippen LogP contribution < -0.4 is 14.4 Å². The lowest BCUT2D eigenvalue weighted by atomic mass is 10.0. The fourth-order valence-electron chi connectivity index (χ4n) is 2.70. The van der Waals surface area contributed by atoms with E-state index in [9.17, 15) is 4.79 Å². The van der Waals surface area contributed by atoms with Crippen LogP contribution in [0.1, 0.15) is 12.0 Å². The lowest BCUT2D eigenvalue weighted by molar-refractivity contribution is -0.128. The van der Waals surface area contributed by atoms with Crippen LogP contribution in [-0.2, 0) is 9.63 Å². The van der Waals surface area contributed by atoms with Crippen LogP contribution in [0.25, 0.3) is 0 Å². The van der Waals surface area contributed by atoms with E-state index in [-0.39, 0.29) is 5.91 Å². The number of anilines is 1. The minimum atomic E-state index is -0.656. The van der Waals surface area contributed by atoms with Gasteiger partial charge in [0.25, 0.3) is 5.91 Å². The summed E-state index contributed by atoms with van der Waals surface area (Å²) in [6.07, 6.45) is -0.282. The van der Waals surface area contributed by atoms with Crippen molar-refractivity contribution in [3.63, 3.8) is 0 Å². The highest BCUT2D eigenvalue weighted by Crippen LogP contribution is 2.29. The highest BCUT2D eigenvalue weighted by Gasteiger charge is 2.32. The molecule has 0 N–H and O–H groups in total. The zero-order valence-electron chi connectivity index (χ0n) is 14.4. The van der Waals surface area contributed by atoms with Gasteiger partial charge in [0.15, 0.2) is 0 Å². The Kier molecular flexibility index (Phi) is 4.88. The Morgan fingerprint density at radius 1 is 1.16 bits per heavy atom. The molecule has 2 aromatic rings. The first kappa shape index (κ1) is 16.8. The first-order valence-electron chi connectivity index (χ1n) is 7.91. The number of likely N-dealkylation sites (N-methyl/N-ethyl adjacent to an activating group) is 1. The van der Waals surface area contributed by atoms with E-state index in [0.717, 1.165) is 11.3 Å². The number of para-hydroxylation sites is 1. The normalized spacial score (nSPS) is 16.0. The number of benzene rings is 2. The molecule has 6 heteroatoms. The monoisotopic (exact) mass is 340 g/mol. The highest BCUT2D eigenvalue weighted by atomic mass is 16.6. The Morgan fingerprint density at radius 3 is 2.60 bits per heavy atom. The summed E-state index contributed by atoms with van der Waals surface area (Å²) in [5.41, 5.74) is 2.23. The molecular weight excluding hydrogens is 320 g/mol. The van der Waals surface area contributed by atoms with Crippen molar-refractivity contribution in [3.8, 4) is 11.5 Å². The Labute approximate surface area is 146 Å². The van der Waals surface area contributed by atoms with Gasteiger partial charge in [0.1, 0.15) is 11.5 Å². The van der Waals surface area contributed by atoms with Crippen LogP contribution in [0.2, 0.25) is 0 Å². The predicted molar refractivity (Wildman–Crippen MR) is 95.4 cm³/mol. The molecule has 0 saturated carbocycles. The van der Waals surface area contributed by atoms with E-state index >= 15 is 0 Å². The number of carbonyl (C=O) groups excluding carboxylic acids is 1. The second kappa shape index (κ2) is 7.25. The van der Waals surface area contributed by atoms with Crippen molar-refractivity contribution in [2.24, 2.45) is 5.16 Å². The van der Waals surface area contributed by atoms with Gasteiger partial charge in [-0.15, -0.1) is 0 Å². The zero-order chi connectivity index (χ0) is 17.8. The minimum absolute atomic E-state index is 0.146. The SMILES string of the molecule is COc1ccc(OC)c(C2=NOC(C(=O)N(C)c3ccccc3)C2)c1.